The summed E-state index contributed by atoms with van der Waals surface area (Å²) in [5.74, 6) is -1.10. The summed E-state index contributed by atoms with van der Waals surface area (Å²) in [6, 6.07) is 1.02. The monoisotopic (exact) mass is 539 g/mol. The zero-order valence-corrected chi connectivity index (χ0v) is 19.8. The zero-order chi connectivity index (χ0) is 36.2. The molecule has 1 amide bonds. The van der Waals surface area contributed by atoms with Crippen molar-refractivity contribution < 1.29 is 31.7 Å². The highest BCUT2D eigenvalue weighted by atomic mass is 19.4. The lowest BCUT2D eigenvalue weighted by molar-refractivity contribution is -0.137. The Morgan fingerprint density at radius 2 is 2.03 bits per heavy atom. The van der Waals surface area contributed by atoms with Crippen LogP contribution in [0.3, 0.4) is 0 Å². The fraction of sp³-hybridized carbons (Fsp3) is 0.107. The summed E-state index contributed by atoms with van der Waals surface area (Å²) in [4.78, 5) is 29.1. The molecule has 0 spiro atoms. The highest BCUT2D eigenvalue weighted by Crippen LogP contribution is 2.33. The van der Waals surface area contributed by atoms with E-state index in [0.29, 0.717) is 5.56 Å². The van der Waals surface area contributed by atoms with Gasteiger partial charge in [-0.1, -0.05) is 6.07 Å². The van der Waals surface area contributed by atoms with Crippen LogP contribution in [0.1, 0.15) is 40.9 Å². The Kier molecular flexibility index (Phi) is 4.26. The topological polar surface area (TPSA) is 97.6 Å². The second kappa shape index (κ2) is 10.4. The second-order valence-electron chi connectivity index (χ2n) is 7.97. The number of nitrogens with one attached hydrogen (secondary N) is 2. The summed E-state index contributed by atoms with van der Waals surface area (Å²) in [5, 5.41) is 5.04. The van der Waals surface area contributed by atoms with Crippen molar-refractivity contribution in [2.75, 3.05) is 10.6 Å². The molecular weight excluding hydrogens is 507 g/mol. The van der Waals surface area contributed by atoms with Gasteiger partial charge in [-0.05, 0) is 67.8 Å². The number of benzene rings is 2. The summed E-state index contributed by atoms with van der Waals surface area (Å²) in [6.45, 7) is -1.09. The first kappa shape index (κ1) is 16.0. The minimum Gasteiger partial charge on any atom is -0.324 e. The lowest BCUT2D eigenvalue weighted by atomic mass is 10.1. The molecule has 39 heavy (non-hydrogen) atoms. The van der Waals surface area contributed by atoms with Crippen LogP contribution in [0.2, 0.25) is 0 Å². The fourth-order valence-electron chi connectivity index (χ4n) is 3.35. The molecule has 0 aliphatic carbocycles. The highest BCUT2D eigenvalue weighted by molar-refractivity contribution is 6.05. The molecule has 3 aromatic heterocycles. The van der Waals surface area contributed by atoms with Gasteiger partial charge < -0.3 is 15.2 Å². The molecule has 0 atom stereocenters. The maximum atomic E-state index is 14.1. The molecule has 2 N–H and O–H groups in total. The number of rotatable bonds is 6. The summed E-state index contributed by atoms with van der Waals surface area (Å²) < 4.78 is 122. The molecule has 196 valence electrons. The van der Waals surface area contributed by atoms with Gasteiger partial charge in [0, 0.05) is 57.0 Å². The molecule has 11 heteroatoms. The normalized spacial score (nSPS) is 15.3. The van der Waals surface area contributed by atoms with E-state index >= 15 is 0 Å². The number of anilines is 3. The molecule has 3 heterocycles. The smallest absolute Gasteiger partial charge is 0.324 e. The number of hydrogen-bond acceptors (Lipinski definition) is 6. The number of amides is 1. The van der Waals surface area contributed by atoms with Crippen molar-refractivity contribution in [3.8, 4) is 16.9 Å². The Morgan fingerprint density at radius 3 is 2.82 bits per heavy atom. The second-order valence-corrected chi connectivity index (χ2v) is 7.97. The van der Waals surface area contributed by atoms with E-state index in [2.05, 4.69) is 30.6 Å². The average Bonchev–Trinajstić information content (AvgIpc) is 3.49. The standard InChI is InChI=1S/C28H22F3N7O/c1-17-5-6-19(10-25(17)37-27-33-9-7-24(36-27)20-4-3-8-32-14-20)26(39)35-22-11-21(28(29,30)31)12-23(13-22)38-15-18(2)34-16-38/h3-16H,1-2H3,(H,35,39)(H,33,36,37)/i2D3,3D,4D,8D,11D,12D,13D,14D. The Morgan fingerprint density at radius 1 is 1.15 bits per heavy atom. The molecule has 0 radical (unpaired) electrons. The van der Waals surface area contributed by atoms with Gasteiger partial charge in [0.2, 0.25) is 5.95 Å². The van der Waals surface area contributed by atoms with Gasteiger partial charge in [-0.2, -0.15) is 13.2 Å². The van der Waals surface area contributed by atoms with Crippen LogP contribution in [0.4, 0.5) is 30.5 Å². The van der Waals surface area contributed by atoms with E-state index in [1.807, 2.05) is 0 Å². The van der Waals surface area contributed by atoms with Gasteiger partial charge in [0.05, 0.1) is 32.9 Å². The minimum absolute atomic E-state index is 0.0454. The molecule has 0 aliphatic rings. The molecule has 0 saturated carbocycles. The number of pyridine rings is 1. The van der Waals surface area contributed by atoms with E-state index in [9.17, 15) is 18.0 Å². The van der Waals surface area contributed by atoms with Crippen molar-refractivity contribution in [1.82, 2.24) is 24.5 Å². The van der Waals surface area contributed by atoms with Crippen LogP contribution < -0.4 is 10.6 Å². The molecule has 0 unspecified atom stereocenters. The summed E-state index contributed by atoms with van der Waals surface area (Å²) in [6.07, 6.45) is -3.30. The lowest BCUT2D eigenvalue weighted by Crippen LogP contribution is -2.14. The molecule has 0 aliphatic heterocycles. The maximum absolute atomic E-state index is 14.1. The number of imidazole rings is 1. The first-order valence-corrected chi connectivity index (χ1v) is 11.0. The summed E-state index contributed by atoms with van der Waals surface area (Å²) >= 11 is 0. The maximum Gasteiger partial charge on any atom is 0.416 e. The van der Waals surface area contributed by atoms with Crippen LogP contribution in [0.15, 0.2) is 85.5 Å². The first-order chi connectivity index (χ1) is 22.8. The van der Waals surface area contributed by atoms with Crippen molar-refractivity contribution in [1.29, 1.82) is 0 Å². The van der Waals surface area contributed by atoms with Crippen LogP contribution >= 0.6 is 0 Å². The Balaban J connectivity index is 1.51. The number of halogens is 3. The van der Waals surface area contributed by atoms with Crippen LogP contribution in [0, 0.1) is 13.8 Å². The summed E-state index contributed by atoms with van der Waals surface area (Å²) in [7, 11) is 0. The van der Waals surface area contributed by atoms with Gasteiger partial charge in [-0.25, -0.2) is 15.0 Å². The van der Waals surface area contributed by atoms with Crippen LogP contribution in [0.5, 0.6) is 0 Å². The van der Waals surface area contributed by atoms with Crippen molar-refractivity contribution in [2.45, 2.75) is 20.0 Å². The van der Waals surface area contributed by atoms with Gasteiger partial charge in [-0.15, -0.1) is 0 Å². The molecule has 0 fully saturated rings. The fourth-order valence-corrected chi connectivity index (χ4v) is 3.35. The van der Waals surface area contributed by atoms with E-state index in [0.717, 1.165) is 17.1 Å². The van der Waals surface area contributed by atoms with Gasteiger partial charge >= 0.3 is 6.18 Å². The van der Waals surface area contributed by atoms with Crippen LogP contribution in [-0.2, 0) is 6.18 Å². The van der Waals surface area contributed by atoms with Crippen LogP contribution in [-0.4, -0.2) is 30.4 Å². The first-order valence-electron chi connectivity index (χ1n) is 16.0. The van der Waals surface area contributed by atoms with Gasteiger partial charge in [-0.3, -0.25) is 9.78 Å². The highest BCUT2D eigenvalue weighted by Gasteiger charge is 2.31. The molecule has 5 aromatic rings. The number of hydrogen-bond donors (Lipinski definition) is 2. The Hall–Kier alpha value is -5.06. The van der Waals surface area contributed by atoms with Crippen molar-refractivity contribution in [3.63, 3.8) is 0 Å². The van der Waals surface area contributed by atoms with Gasteiger partial charge in [0.15, 0.2) is 0 Å². The van der Waals surface area contributed by atoms with Crippen molar-refractivity contribution in [2.24, 2.45) is 0 Å². The third-order valence-electron chi connectivity index (χ3n) is 5.22. The molecule has 8 nitrogen and oxygen atoms in total. The van der Waals surface area contributed by atoms with E-state index in [1.165, 1.54) is 30.5 Å². The van der Waals surface area contributed by atoms with Gasteiger partial charge in [0.1, 0.15) is 0 Å². The van der Waals surface area contributed by atoms with Gasteiger partial charge in [0.25, 0.3) is 5.91 Å². The molecule has 0 bridgehead atoms. The largest absolute Gasteiger partial charge is 0.416 e. The average molecular weight is 540 g/mol. The van der Waals surface area contributed by atoms with E-state index in [4.69, 9.17) is 13.7 Å². The van der Waals surface area contributed by atoms with Crippen molar-refractivity contribution >= 4 is 23.2 Å². The molecular formula is C28H22F3N7O. The summed E-state index contributed by atoms with van der Waals surface area (Å²) in [5.41, 5.74) is -3.35. The molecule has 0 saturated heterocycles. The zero-order valence-electron chi connectivity index (χ0n) is 29.8. The van der Waals surface area contributed by atoms with Crippen LogP contribution in [0.25, 0.3) is 16.9 Å². The number of aromatic nitrogens is 5. The third-order valence-corrected chi connectivity index (χ3v) is 5.22. The predicted molar refractivity (Wildman–Crippen MR) is 141 cm³/mol. The van der Waals surface area contributed by atoms with E-state index < -0.39 is 84.1 Å². The number of aryl methyl sites for hydroxylation is 2. The Labute approximate surface area is 235 Å². The lowest BCUT2D eigenvalue weighted by Gasteiger charge is -2.14. The van der Waals surface area contributed by atoms with Crippen molar-refractivity contribution in [3.05, 3.63) is 108 Å². The third kappa shape index (κ3) is 5.93. The number of carbonyl (C=O) groups excluding carboxylic acids is 1. The SMILES string of the molecule is [2H]c1nc([2H])c(-c2ccnc(Nc3cc(C(=O)Nc4c([2H])c(-n5cnc(C([2H])([2H])[2H])c5)c([2H])c(C(F)(F)F)c4[2H])ccc3C)n2)c([2H])c1[2H]. The Bertz CT molecular complexity index is 2140. The quantitative estimate of drug-likeness (QED) is 0.261. The van der Waals surface area contributed by atoms with E-state index in [-0.39, 0.29) is 28.5 Å². The number of nitrogens with zero attached hydrogens (tertiary/aromatic N) is 5. The molecule has 5 rings (SSSR count). The van der Waals surface area contributed by atoms with E-state index in [1.54, 1.807) is 6.92 Å². The predicted octanol–water partition coefficient (Wildman–Crippen LogP) is 6.36. The number of alkyl halides is 3. The minimum atomic E-state index is -5.26. The molecule has 2 aromatic carbocycles. The number of carbonyl (C=O) groups is 1.